The van der Waals surface area contributed by atoms with Crippen LogP contribution in [0.4, 0.5) is 0 Å². The molecule has 7 aromatic carbocycles. The minimum atomic E-state index is 0.571. The van der Waals surface area contributed by atoms with E-state index in [0.717, 1.165) is 64.7 Å². The molecule has 0 aliphatic heterocycles. The second kappa shape index (κ2) is 14.5. The summed E-state index contributed by atoms with van der Waals surface area (Å²) in [5.41, 5.74) is 8.04. The third-order valence-corrected chi connectivity index (χ3v) is 11.0. The fourth-order valence-electron chi connectivity index (χ4n) is 7.06. The molecule has 10 rings (SSSR count). The third kappa shape index (κ3) is 6.48. The van der Waals surface area contributed by atoms with Crippen LogP contribution < -0.4 is 0 Å². The zero-order valence-corrected chi connectivity index (χ0v) is 31.1. The van der Waals surface area contributed by atoms with E-state index < -0.39 is 0 Å². The molecule has 10 aromatic rings. The van der Waals surface area contributed by atoms with Gasteiger partial charge in [0, 0.05) is 53.6 Å². The normalized spacial score (nSPS) is 11.1. The lowest BCUT2D eigenvalue weighted by atomic mass is 10.0. The monoisotopic (exact) mass is 747 g/mol. The molecule has 3 aromatic heterocycles. The van der Waals surface area contributed by atoms with Gasteiger partial charge < -0.3 is 0 Å². The van der Waals surface area contributed by atoms with Gasteiger partial charge in [-0.15, -0.1) is 11.3 Å². The molecular formula is C49H29N7S. The van der Waals surface area contributed by atoms with Crippen molar-refractivity contribution in [3.63, 3.8) is 0 Å². The van der Waals surface area contributed by atoms with Crippen molar-refractivity contribution in [2.75, 3.05) is 0 Å². The number of benzene rings is 7. The number of nitrogens with zero attached hydrogens (tertiary/aromatic N) is 7. The van der Waals surface area contributed by atoms with E-state index in [9.17, 15) is 5.26 Å². The average molecular weight is 748 g/mol. The van der Waals surface area contributed by atoms with Crippen LogP contribution in [0.1, 0.15) is 5.56 Å². The van der Waals surface area contributed by atoms with Gasteiger partial charge in [0.05, 0.1) is 11.6 Å². The predicted molar refractivity (Wildman–Crippen MR) is 229 cm³/mol. The SMILES string of the molecule is N#Cc1cccc(-c2ccc(-c3nc(-c4ccccc4)nc(-c4cccc5c4sc4cccc(-c6nc(-c7ccccc7)nc(-c7ccccc7)n6)c45)n3)cc2)c1. The molecule has 0 amide bonds. The zero-order chi connectivity index (χ0) is 38.1. The van der Waals surface area contributed by atoms with Gasteiger partial charge in [-0.3, -0.25) is 0 Å². The summed E-state index contributed by atoms with van der Waals surface area (Å²) in [5, 5.41) is 11.6. The van der Waals surface area contributed by atoms with Crippen molar-refractivity contribution in [3.05, 3.63) is 181 Å². The summed E-state index contributed by atoms with van der Waals surface area (Å²) in [4.78, 5) is 30.3. The topological polar surface area (TPSA) is 101 Å². The van der Waals surface area contributed by atoms with E-state index in [0.29, 0.717) is 40.5 Å². The number of fused-ring (bicyclic) bond motifs is 3. The lowest BCUT2D eigenvalue weighted by Gasteiger charge is -2.10. The summed E-state index contributed by atoms with van der Waals surface area (Å²) in [5.74, 6) is 3.59. The Morgan fingerprint density at radius 3 is 1.37 bits per heavy atom. The van der Waals surface area contributed by atoms with E-state index in [-0.39, 0.29) is 0 Å². The molecule has 0 bridgehead atoms. The molecule has 0 atom stereocenters. The van der Waals surface area contributed by atoms with Crippen LogP contribution in [0.5, 0.6) is 0 Å². The van der Waals surface area contributed by atoms with Crippen molar-refractivity contribution < 1.29 is 0 Å². The number of hydrogen-bond donors (Lipinski definition) is 0. The molecule has 8 heteroatoms. The Morgan fingerprint density at radius 1 is 0.368 bits per heavy atom. The van der Waals surface area contributed by atoms with Crippen LogP contribution in [-0.4, -0.2) is 29.9 Å². The van der Waals surface area contributed by atoms with Crippen LogP contribution in [0.2, 0.25) is 0 Å². The fourth-order valence-corrected chi connectivity index (χ4v) is 8.30. The predicted octanol–water partition coefficient (Wildman–Crippen LogP) is 12.0. The quantitative estimate of drug-likeness (QED) is 0.160. The number of rotatable bonds is 7. The minimum absolute atomic E-state index is 0.571. The minimum Gasteiger partial charge on any atom is -0.208 e. The molecule has 0 aliphatic rings. The number of thiophene rings is 1. The Bertz CT molecular complexity index is 3060. The molecular weight excluding hydrogens is 719 g/mol. The smallest absolute Gasteiger partial charge is 0.165 e. The van der Waals surface area contributed by atoms with Crippen LogP contribution in [0.15, 0.2) is 176 Å². The molecule has 0 spiro atoms. The third-order valence-electron chi connectivity index (χ3n) is 9.84. The standard InChI is InChI=1S/C49H29N7S/c50-30-31-13-10-20-37(29-31)32-25-27-36(28-26-32)47-52-46(35-18-8-3-9-19-35)55-49(56-47)40-23-11-21-38-42-39(22-12-24-41(42)57-43(38)40)48-53-44(33-14-4-1-5-15-33)51-45(54-48)34-16-6-2-7-17-34/h1-29H. The van der Waals surface area contributed by atoms with Crippen LogP contribution >= 0.6 is 11.3 Å². The van der Waals surface area contributed by atoms with E-state index >= 15 is 0 Å². The second-order valence-corrected chi connectivity index (χ2v) is 14.5. The van der Waals surface area contributed by atoms with E-state index in [1.54, 1.807) is 11.3 Å². The van der Waals surface area contributed by atoms with Crippen molar-refractivity contribution in [3.8, 4) is 85.5 Å². The number of nitriles is 1. The summed E-state index contributed by atoms with van der Waals surface area (Å²) >= 11 is 1.70. The number of hydrogen-bond acceptors (Lipinski definition) is 8. The van der Waals surface area contributed by atoms with Gasteiger partial charge in [-0.05, 0) is 35.4 Å². The van der Waals surface area contributed by atoms with Crippen LogP contribution in [-0.2, 0) is 0 Å². The van der Waals surface area contributed by atoms with Crippen molar-refractivity contribution in [2.45, 2.75) is 0 Å². The summed E-state index contributed by atoms with van der Waals surface area (Å²) in [6.07, 6.45) is 0. The summed E-state index contributed by atoms with van der Waals surface area (Å²) in [6.45, 7) is 0. The first-order chi connectivity index (χ1) is 28.2. The Hall–Kier alpha value is -7.73. The Morgan fingerprint density at radius 2 is 0.807 bits per heavy atom. The molecule has 0 saturated carbocycles. The van der Waals surface area contributed by atoms with Gasteiger partial charge in [-0.25, -0.2) is 29.9 Å². The maximum atomic E-state index is 9.43. The molecule has 0 saturated heterocycles. The Labute approximate surface area is 332 Å². The molecule has 0 fully saturated rings. The first-order valence-corrected chi connectivity index (χ1v) is 19.2. The van der Waals surface area contributed by atoms with Gasteiger partial charge in [0.2, 0.25) is 0 Å². The molecule has 3 heterocycles. The highest BCUT2D eigenvalue weighted by Crippen LogP contribution is 2.43. The molecule has 0 N–H and O–H groups in total. The van der Waals surface area contributed by atoms with Gasteiger partial charge >= 0.3 is 0 Å². The summed E-state index contributed by atoms with van der Waals surface area (Å²) in [7, 11) is 0. The van der Waals surface area contributed by atoms with E-state index in [2.05, 4.69) is 42.5 Å². The van der Waals surface area contributed by atoms with E-state index in [4.69, 9.17) is 29.9 Å². The van der Waals surface area contributed by atoms with Gasteiger partial charge in [-0.2, -0.15) is 5.26 Å². The van der Waals surface area contributed by atoms with Crippen molar-refractivity contribution in [1.29, 1.82) is 5.26 Å². The maximum absolute atomic E-state index is 9.43. The highest BCUT2D eigenvalue weighted by atomic mass is 32.1. The average Bonchev–Trinajstić information content (AvgIpc) is 3.69. The molecule has 0 aliphatic carbocycles. The Balaban J connectivity index is 1.13. The largest absolute Gasteiger partial charge is 0.208 e. The van der Waals surface area contributed by atoms with Gasteiger partial charge in [-0.1, -0.05) is 152 Å². The highest BCUT2D eigenvalue weighted by molar-refractivity contribution is 7.26. The molecule has 0 radical (unpaired) electrons. The van der Waals surface area contributed by atoms with Crippen LogP contribution in [0.25, 0.3) is 99.6 Å². The van der Waals surface area contributed by atoms with Gasteiger partial charge in [0.1, 0.15) is 0 Å². The van der Waals surface area contributed by atoms with E-state index in [1.807, 2.05) is 140 Å². The molecule has 57 heavy (non-hydrogen) atoms. The second-order valence-electron chi connectivity index (χ2n) is 13.4. The zero-order valence-electron chi connectivity index (χ0n) is 30.3. The van der Waals surface area contributed by atoms with Crippen molar-refractivity contribution >= 4 is 31.5 Å². The Kier molecular flexibility index (Phi) is 8.60. The molecule has 0 unspecified atom stereocenters. The molecule has 7 nitrogen and oxygen atoms in total. The molecule has 266 valence electrons. The fraction of sp³-hybridized carbons (Fsp3) is 0. The van der Waals surface area contributed by atoms with Crippen LogP contribution in [0, 0.1) is 11.3 Å². The number of aromatic nitrogens is 6. The van der Waals surface area contributed by atoms with E-state index in [1.165, 1.54) is 0 Å². The van der Waals surface area contributed by atoms with Crippen molar-refractivity contribution in [1.82, 2.24) is 29.9 Å². The first-order valence-electron chi connectivity index (χ1n) is 18.4. The van der Waals surface area contributed by atoms with Crippen LogP contribution in [0.3, 0.4) is 0 Å². The first kappa shape index (κ1) is 33.8. The maximum Gasteiger partial charge on any atom is 0.165 e. The lowest BCUT2D eigenvalue weighted by molar-refractivity contribution is 1.08. The van der Waals surface area contributed by atoms with Gasteiger partial charge in [0.15, 0.2) is 34.9 Å². The van der Waals surface area contributed by atoms with Crippen molar-refractivity contribution in [2.24, 2.45) is 0 Å². The highest BCUT2D eigenvalue weighted by Gasteiger charge is 2.20. The lowest BCUT2D eigenvalue weighted by Crippen LogP contribution is -2.00. The van der Waals surface area contributed by atoms with Gasteiger partial charge in [0.25, 0.3) is 0 Å². The summed E-state index contributed by atoms with van der Waals surface area (Å²) in [6, 6.07) is 60.6. The summed E-state index contributed by atoms with van der Waals surface area (Å²) < 4.78 is 2.16.